The summed E-state index contributed by atoms with van der Waals surface area (Å²) in [5, 5.41) is 10.7. The predicted octanol–water partition coefficient (Wildman–Crippen LogP) is 2.33. The zero-order valence-electron chi connectivity index (χ0n) is 14.3. The second-order valence-electron chi connectivity index (χ2n) is 6.41. The Morgan fingerprint density at radius 1 is 1.38 bits per heavy atom. The van der Waals surface area contributed by atoms with Crippen LogP contribution in [0, 0.1) is 12.8 Å². The lowest BCUT2D eigenvalue weighted by Gasteiger charge is -2.21. The van der Waals surface area contributed by atoms with E-state index < -0.39 is 0 Å². The number of aromatic nitrogens is 2. The number of carbonyl (C=O) groups excluding carboxylic acids is 1. The monoisotopic (exact) mass is 348 g/mol. The fraction of sp³-hybridized carbons (Fsp3) is 0.444. The van der Waals surface area contributed by atoms with Gasteiger partial charge in [0, 0.05) is 32.3 Å². The van der Waals surface area contributed by atoms with Crippen molar-refractivity contribution in [3.05, 3.63) is 53.3 Å². The van der Waals surface area contributed by atoms with Gasteiger partial charge >= 0.3 is 0 Å². The highest BCUT2D eigenvalue weighted by molar-refractivity contribution is 5.85. The topological polar surface area (TPSA) is 59.0 Å². The molecule has 2 N–H and O–H groups in total. The van der Waals surface area contributed by atoms with E-state index in [2.05, 4.69) is 34.8 Å². The Morgan fingerprint density at radius 2 is 2.12 bits per heavy atom. The van der Waals surface area contributed by atoms with E-state index in [1.807, 2.05) is 38.5 Å². The van der Waals surface area contributed by atoms with Crippen LogP contribution in [0.3, 0.4) is 0 Å². The standard InChI is InChI=1S/C18H24N4O.ClH/c1-12-6-4-5-7-15(12)13(2)21-18(23)17-10-19-9-16(17)14-8-20-22(3)11-14;/h4-8,11,13,16-17,19H,9-10H2,1-3H3,(H,21,23);1H/t13?,16-,17+;/m1./s1. The fourth-order valence-corrected chi connectivity index (χ4v) is 3.41. The van der Waals surface area contributed by atoms with Crippen LogP contribution in [0.1, 0.15) is 35.6 Å². The van der Waals surface area contributed by atoms with Crippen molar-refractivity contribution in [1.82, 2.24) is 20.4 Å². The van der Waals surface area contributed by atoms with Crippen molar-refractivity contribution in [2.24, 2.45) is 13.0 Å². The molecule has 2 heterocycles. The molecule has 0 spiro atoms. The SMILES string of the molecule is Cc1ccccc1C(C)NC(=O)[C@H]1CNC[C@@H]1c1cnn(C)c1.Cl. The molecule has 0 saturated carbocycles. The van der Waals surface area contributed by atoms with Crippen LogP contribution in [0.5, 0.6) is 0 Å². The molecule has 2 aromatic rings. The number of amides is 1. The maximum Gasteiger partial charge on any atom is 0.225 e. The summed E-state index contributed by atoms with van der Waals surface area (Å²) in [6, 6.07) is 8.20. The molecule has 130 valence electrons. The molecule has 0 bridgehead atoms. The largest absolute Gasteiger partial charge is 0.349 e. The van der Waals surface area contributed by atoms with E-state index in [4.69, 9.17) is 0 Å². The van der Waals surface area contributed by atoms with Crippen LogP contribution in [0.15, 0.2) is 36.7 Å². The number of benzene rings is 1. The first-order chi connectivity index (χ1) is 11.1. The van der Waals surface area contributed by atoms with Crippen molar-refractivity contribution < 1.29 is 4.79 Å². The number of halogens is 1. The first kappa shape index (κ1) is 18.5. The van der Waals surface area contributed by atoms with E-state index in [9.17, 15) is 4.79 Å². The molecule has 3 atom stereocenters. The molecule has 1 aliphatic rings. The van der Waals surface area contributed by atoms with Gasteiger partial charge in [0.2, 0.25) is 5.91 Å². The Balaban J connectivity index is 0.00000208. The van der Waals surface area contributed by atoms with Crippen LogP contribution >= 0.6 is 12.4 Å². The highest BCUT2D eigenvalue weighted by Crippen LogP contribution is 2.28. The maximum atomic E-state index is 12.8. The van der Waals surface area contributed by atoms with Crippen molar-refractivity contribution in [2.75, 3.05) is 13.1 Å². The molecule has 6 heteroatoms. The summed E-state index contributed by atoms with van der Waals surface area (Å²) in [5.74, 6) is 0.248. The Kier molecular flexibility index (Phi) is 6.02. The lowest BCUT2D eigenvalue weighted by molar-refractivity contribution is -0.125. The summed E-state index contributed by atoms with van der Waals surface area (Å²) in [6.45, 7) is 5.66. The first-order valence-corrected chi connectivity index (χ1v) is 8.11. The summed E-state index contributed by atoms with van der Waals surface area (Å²) in [4.78, 5) is 12.8. The Labute approximate surface area is 149 Å². The molecule has 1 aromatic carbocycles. The predicted molar refractivity (Wildman–Crippen MR) is 97.3 cm³/mol. The van der Waals surface area contributed by atoms with Gasteiger partial charge in [0.1, 0.15) is 0 Å². The lowest BCUT2D eigenvalue weighted by Crippen LogP contribution is -2.36. The molecule has 24 heavy (non-hydrogen) atoms. The molecule has 1 saturated heterocycles. The van der Waals surface area contributed by atoms with E-state index in [0.29, 0.717) is 6.54 Å². The Morgan fingerprint density at radius 3 is 2.79 bits per heavy atom. The minimum absolute atomic E-state index is 0. The summed E-state index contributed by atoms with van der Waals surface area (Å²) >= 11 is 0. The van der Waals surface area contributed by atoms with Gasteiger partial charge in [-0.15, -0.1) is 12.4 Å². The number of aryl methyl sites for hydroxylation is 2. The maximum absolute atomic E-state index is 12.8. The highest BCUT2D eigenvalue weighted by Gasteiger charge is 2.35. The average molecular weight is 349 g/mol. The number of hydrogen-bond donors (Lipinski definition) is 2. The van der Waals surface area contributed by atoms with Gasteiger partial charge < -0.3 is 10.6 Å². The molecule has 1 amide bonds. The van der Waals surface area contributed by atoms with E-state index in [-0.39, 0.29) is 36.2 Å². The van der Waals surface area contributed by atoms with Crippen LogP contribution in [-0.4, -0.2) is 28.8 Å². The van der Waals surface area contributed by atoms with Crippen LogP contribution < -0.4 is 10.6 Å². The first-order valence-electron chi connectivity index (χ1n) is 8.11. The van der Waals surface area contributed by atoms with Gasteiger partial charge in [-0.2, -0.15) is 5.10 Å². The molecule has 3 rings (SSSR count). The third-order valence-electron chi connectivity index (χ3n) is 4.72. The zero-order valence-corrected chi connectivity index (χ0v) is 15.1. The van der Waals surface area contributed by atoms with Crippen molar-refractivity contribution in [1.29, 1.82) is 0 Å². The Bertz CT molecular complexity index is 700. The van der Waals surface area contributed by atoms with Crippen molar-refractivity contribution >= 4 is 18.3 Å². The quantitative estimate of drug-likeness (QED) is 0.891. The fourth-order valence-electron chi connectivity index (χ4n) is 3.41. The van der Waals surface area contributed by atoms with E-state index in [1.165, 1.54) is 11.1 Å². The minimum Gasteiger partial charge on any atom is -0.349 e. The van der Waals surface area contributed by atoms with Gasteiger partial charge in [-0.05, 0) is 30.5 Å². The van der Waals surface area contributed by atoms with Crippen LogP contribution in [-0.2, 0) is 11.8 Å². The molecule has 0 radical (unpaired) electrons. The third-order valence-corrected chi connectivity index (χ3v) is 4.72. The average Bonchev–Trinajstić information content (AvgIpc) is 3.15. The van der Waals surface area contributed by atoms with Crippen LogP contribution in [0.4, 0.5) is 0 Å². The van der Waals surface area contributed by atoms with Crippen LogP contribution in [0.25, 0.3) is 0 Å². The van der Waals surface area contributed by atoms with E-state index >= 15 is 0 Å². The molecule has 1 aromatic heterocycles. The van der Waals surface area contributed by atoms with E-state index in [1.54, 1.807) is 4.68 Å². The smallest absolute Gasteiger partial charge is 0.225 e. The molecule has 0 aliphatic carbocycles. The van der Waals surface area contributed by atoms with Crippen molar-refractivity contribution in [3.63, 3.8) is 0 Å². The second kappa shape index (κ2) is 7.81. The van der Waals surface area contributed by atoms with Gasteiger partial charge in [-0.25, -0.2) is 0 Å². The summed E-state index contributed by atoms with van der Waals surface area (Å²) in [5.41, 5.74) is 3.50. The van der Waals surface area contributed by atoms with Gasteiger partial charge in [-0.3, -0.25) is 9.48 Å². The number of nitrogens with zero attached hydrogens (tertiary/aromatic N) is 2. The number of hydrogen-bond acceptors (Lipinski definition) is 3. The number of nitrogens with one attached hydrogen (secondary N) is 2. The summed E-state index contributed by atoms with van der Waals surface area (Å²) in [7, 11) is 1.90. The summed E-state index contributed by atoms with van der Waals surface area (Å²) < 4.78 is 1.79. The Hall–Kier alpha value is -1.85. The van der Waals surface area contributed by atoms with Gasteiger partial charge in [0.15, 0.2) is 0 Å². The zero-order chi connectivity index (χ0) is 16.4. The van der Waals surface area contributed by atoms with Crippen molar-refractivity contribution in [2.45, 2.75) is 25.8 Å². The number of carbonyl (C=O) groups is 1. The molecule has 1 unspecified atom stereocenters. The van der Waals surface area contributed by atoms with Gasteiger partial charge in [0.05, 0.1) is 18.2 Å². The normalized spacial score (nSPS) is 21.1. The number of rotatable bonds is 4. The molecule has 5 nitrogen and oxygen atoms in total. The lowest BCUT2D eigenvalue weighted by atomic mass is 9.89. The van der Waals surface area contributed by atoms with Crippen molar-refractivity contribution in [3.8, 4) is 0 Å². The molecule has 1 aliphatic heterocycles. The molecular weight excluding hydrogens is 324 g/mol. The molecular formula is C18H25ClN4O. The molecule has 1 fully saturated rings. The highest BCUT2D eigenvalue weighted by atomic mass is 35.5. The second-order valence-corrected chi connectivity index (χ2v) is 6.41. The van der Waals surface area contributed by atoms with E-state index in [0.717, 1.165) is 12.1 Å². The van der Waals surface area contributed by atoms with Gasteiger partial charge in [-0.1, -0.05) is 24.3 Å². The van der Waals surface area contributed by atoms with Crippen LogP contribution in [0.2, 0.25) is 0 Å². The summed E-state index contributed by atoms with van der Waals surface area (Å²) in [6.07, 6.45) is 3.87. The third kappa shape index (κ3) is 3.79. The minimum atomic E-state index is -0.0503. The van der Waals surface area contributed by atoms with Gasteiger partial charge in [0.25, 0.3) is 0 Å².